The highest BCUT2D eigenvalue weighted by atomic mass is 32.2. The Morgan fingerprint density at radius 2 is 1.87 bits per heavy atom. The van der Waals surface area contributed by atoms with E-state index in [4.69, 9.17) is 10.7 Å². The van der Waals surface area contributed by atoms with Gasteiger partial charge in [0.25, 0.3) is 0 Å². The molecule has 0 unspecified atom stereocenters. The first-order valence-electron chi connectivity index (χ1n) is 9.47. The highest BCUT2D eigenvalue weighted by Crippen LogP contribution is 2.35. The van der Waals surface area contributed by atoms with Gasteiger partial charge >= 0.3 is 0 Å². The van der Waals surface area contributed by atoms with Gasteiger partial charge in [0.1, 0.15) is 11.1 Å². The van der Waals surface area contributed by atoms with Crippen LogP contribution in [0, 0.1) is 11.3 Å². The molecule has 31 heavy (non-hydrogen) atoms. The van der Waals surface area contributed by atoms with Gasteiger partial charge in [0.2, 0.25) is 5.91 Å². The third-order valence-corrected chi connectivity index (χ3v) is 6.40. The van der Waals surface area contributed by atoms with Crippen molar-refractivity contribution in [2.24, 2.45) is 0 Å². The van der Waals surface area contributed by atoms with Gasteiger partial charge in [0.15, 0.2) is 0 Å². The number of anilines is 2. The Morgan fingerprint density at radius 1 is 1.10 bits per heavy atom. The normalized spacial score (nSPS) is 10.4. The predicted molar refractivity (Wildman–Crippen MR) is 128 cm³/mol. The van der Waals surface area contributed by atoms with E-state index >= 15 is 0 Å². The summed E-state index contributed by atoms with van der Waals surface area (Å²) in [4.78, 5) is 18.2. The number of carbonyl (C=O) groups excluding carboxylic acids is 1. The topological polar surface area (TPSA) is 91.8 Å². The number of nitrogens with one attached hydrogen (secondary N) is 1. The van der Waals surface area contributed by atoms with Crippen molar-refractivity contribution in [2.75, 3.05) is 16.8 Å². The van der Waals surface area contributed by atoms with Crippen LogP contribution in [0.1, 0.15) is 5.56 Å². The summed E-state index contributed by atoms with van der Waals surface area (Å²) >= 11 is 2.83. The molecule has 0 fully saturated rings. The van der Waals surface area contributed by atoms with E-state index in [1.807, 2.05) is 66.0 Å². The molecule has 0 saturated carbocycles. The quantitative estimate of drug-likeness (QED) is 0.297. The number of nitrogens with two attached hydrogens (primary N) is 1. The minimum absolute atomic E-state index is 0.109. The van der Waals surface area contributed by atoms with Crippen molar-refractivity contribution < 1.29 is 4.79 Å². The summed E-state index contributed by atoms with van der Waals surface area (Å²) in [6, 6.07) is 25.0. The van der Waals surface area contributed by atoms with Crippen molar-refractivity contribution in [2.45, 2.75) is 5.03 Å². The number of nitrogen functional groups attached to an aromatic ring is 1. The van der Waals surface area contributed by atoms with E-state index in [9.17, 15) is 10.1 Å². The molecule has 5 nitrogen and oxygen atoms in total. The zero-order chi connectivity index (χ0) is 21.6. The van der Waals surface area contributed by atoms with Crippen LogP contribution in [0.25, 0.3) is 21.7 Å². The Balaban J connectivity index is 1.66. The first kappa shape index (κ1) is 20.7. The fourth-order valence-corrected chi connectivity index (χ4v) is 4.55. The number of carbonyl (C=O) groups is 1. The third kappa shape index (κ3) is 4.77. The first-order valence-corrected chi connectivity index (χ1v) is 11.3. The summed E-state index contributed by atoms with van der Waals surface area (Å²) in [6.45, 7) is 0. The lowest BCUT2D eigenvalue weighted by atomic mass is 10.0. The summed E-state index contributed by atoms with van der Waals surface area (Å²) in [6.07, 6.45) is 0. The third-order valence-electron chi connectivity index (χ3n) is 4.53. The van der Waals surface area contributed by atoms with Gasteiger partial charge < -0.3 is 11.1 Å². The predicted octanol–water partition coefficient (Wildman–Crippen LogP) is 5.66. The summed E-state index contributed by atoms with van der Waals surface area (Å²) in [5.74, 6) is -0.102. The van der Waals surface area contributed by atoms with Gasteiger partial charge in [0, 0.05) is 5.56 Å². The molecule has 4 aromatic rings. The number of nitriles is 1. The van der Waals surface area contributed by atoms with Crippen LogP contribution < -0.4 is 11.1 Å². The highest BCUT2D eigenvalue weighted by molar-refractivity contribution is 8.00. The summed E-state index contributed by atoms with van der Waals surface area (Å²) in [5.41, 5.74) is 9.95. The molecule has 2 aromatic heterocycles. The Labute approximate surface area is 188 Å². The molecule has 2 heterocycles. The molecule has 152 valence electrons. The smallest absolute Gasteiger partial charge is 0.234 e. The van der Waals surface area contributed by atoms with Crippen LogP contribution in [0.2, 0.25) is 0 Å². The van der Waals surface area contributed by atoms with Crippen LogP contribution in [0.4, 0.5) is 11.4 Å². The maximum atomic E-state index is 12.5. The Hall–Kier alpha value is -3.60. The van der Waals surface area contributed by atoms with Crippen molar-refractivity contribution >= 4 is 40.4 Å². The number of thiophene rings is 1. The largest absolute Gasteiger partial charge is 0.397 e. The minimum atomic E-state index is -0.212. The SMILES string of the molecule is N#Cc1c(-c2ccccc2)cc(-c2cccs2)nc1SCC(=O)Nc1ccccc1N. The van der Waals surface area contributed by atoms with Crippen molar-refractivity contribution in [1.29, 1.82) is 5.26 Å². The molecular formula is C24H18N4OS2. The molecule has 0 aliphatic carbocycles. The number of rotatable bonds is 6. The maximum Gasteiger partial charge on any atom is 0.234 e. The van der Waals surface area contributed by atoms with Crippen LogP contribution in [-0.4, -0.2) is 16.6 Å². The molecule has 7 heteroatoms. The van der Waals surface area contributed by atoms with Crippen molar-refractivity contribution in [3.63, 3.8) is 0 Å². The number of hydrogen-bond acceptors (Lipinski definition) is 6. The second kappa shape index (κ2) is 9.47. The number of amides is 1. The molecular weight excluding hydrogens is 424 g/mol. The molecule has 0 atom stereocenters. The number of benzene rings is 2. The molecule has 0 bridgehead atoms. The zero-order valence-electron chi connectivity index (χ0n) is 16.4. The average Bonchev–Trinajstić information content (AvgIpc) is 3.34. The van der Waals surface area contributed by atoms with E-state index in [0.29, 0.717) is 22.0 Å². The van der Waals surface area contributed by atoms with Crippen molar-refractivity contribution in [3.05, 3.63) is 83.7 Å². The summed E-state index contributed by atoms with van der Waals surface area (Å²) in [5, 5.41) is 15.2. The fraction of sp³-hybridized carbons (Fsp3) is 0.0417. The maximum absolute atomic E-state index is 12.5. The average molecular weight is 443 g/mol. The molecule has 1 amide bonds. The molecule has 3 N–H and O–H groups in total. The Kier molecular flexibility index (Phi) is 6.32. The molecule has 0 radical (unpaired) electrons. The number of nitrogens with zero attached hydrogens (tertiary/aromatic N) is 2. The Morgan fingerprint density at radius 3 is 2.58 bits per heavy atom. The molecule has 0 saturated heterocycles. The minimum Gasteiger partial charge on any atom is -0.397 e. The van der Waals surface area contributed by atoms with E-state index in [-0.39, 0.29) is 11.7 Å². The van der Waals surface area contributed by atoms with Gasteiger partial charge in [0.05, 0.1) is 33.3 Å². The number of pyridine rings is 1. The van der Waals surface area contributed by atoms with Crippen LogP contribution in [0.3, 0.4) is 0 Å². The standard InChI is InChI=1S/C24H18N4OS2/c25-14-18-17(16-7-2-1-3-8-16)13-21(22-11-6-12-30-22)28-24(18)31-15-23(29)27-20-10-5-4-9-19(20)26/h1-13H,15,26H2,(H,27,29). The lowest BCUT2D eigenvalue weighted by molar-refractivity contribution is -0.113. The van der Waals surface area contributed by atoms with Crippen LogP contribution in [0.5, 0.6) is 0 Å². The zero-order valence-corrected chi connectivity index (χ0v) is 18.0. The summed E-state index contributed by atoms with van der Waals surface area (Å²) in [7, 11) is 0. The van der Waals surface area contributed by atoms with Crippen molar-refractivity contribution in [1.82, 2.24) is 4.98 Å². The van der Waals surface area contributed by atoms with E-state index < -0.39 is 0 Å². The first-order chi connectivity index (χ1) is 15.2. The van der Waals surface area contributed by atoms with Crippen molar-refractivity contribution in [3.8, 4) is 27.8 Å². The lowest BCUT2D eigenvalue weighted by Crippen LogP contribution is -2.15. The number of hydrogen-bond donors (Lipinski definition) is 2. The van der Waals surface area contributed by atoms with Crippen LogP contribution >= 0.6 is 23.1 Å². The van der Waals surface area contributed by atoms with E-state index in [2.05, 4.69) is 11.4 Å². The monoisotopic (exact) mass is 442 g/mol. The summed E-state index contributed by atoms with van der Waals surface area (Å²) < 4.78 is 0. The molecule has 0 aliphatic rings. The van der Waals surface area contributed by atoms with E-state index in [1.165, 1.54) is 11.8 Å². The second-order valence-electron chi connectivity index (χ2n) is 6.61. The molecule has 2 aromatic carbocycles. The van der Waals surface area contributed by atoms with Gasteiger partial charge in [-0.1, -0.05) is 60.3 Å². The number of aromatic nitrogens is 1. The Bertz CT molecular complexity index is 1250. The van der Waals surface area contributed by atoms with E-state index in [0.717, 1.165) is 21.7 Å². The van der Waals surface area contributed by atoms with Gasteiger partial charge in [-0.25, -0.2) is 4.98 Å². The number of para-hydroxylation sites is 2. The molecule has 0 aliphatic heterocycles. The van der Waals surface area contributed by atoms with Crippen LogP contribution in [-0.2, 0) is 4.79 Å². The van der Waals surface area contributed by atoms with E-state index in [1.54, 1.807) is 23.5 Å². The molecule has 0 spiro atoms. The van der Waals surface area contributed by atoms with Gasteiger partial charge in [-0.2, -0.15) is 5.26 Å². The fourth-order valence-electron chi connectivity index (χ4n) is 3.06. The molecule has 4 rings (SSSR count). The van der Waals surface area contributed by atoms with Gasteiger partial charge in [-0.3, -0.25) is 4.79 Å². The van der Waals surface area contributed by atoms with Crippen LogP contribution in [0.15, 0.2) is 83.2 Å². The number of thioether (sulfide) groups is 1. The van der Waals surface area contributed by atoms with Gasteiger partial charge in [-0.15, -0.1) is 11.3 Å². The van der Waals surface area contributed by atoms with Gasteiger partial charge in [-0.05, 0) is 35.2 Å². The lowest BCUT2D eigenvalue weighted by Gasteiger charge is -2.12. The second-order valence-corrected chi connectivity index (χ2v) is 8.53. The highest BCUT2D eigenvalue weighted by Gasteiger charge is 2.17.